The Morgan fingerprint density at radius 2 is 1.89 bits per heavy atom. The molecule has 1 aliphatic rings. The number of sulfonamides is 1. The number of aryl methyl sites for hydroxylation is 2. The summed E-state index contributed by atoms with van der Waals surface area (Å²) < 4.78 is 33.7. The van der Waals surface area contributed by atoms with Crippen LogP contribution in [0.1, 0.15) is 24.2 Å². The topological polar surface area (TPSA) is 102 Å². The molecule has 3 aromatic rings. The van der Waals surface area contributed by atoms with E-state index in [0.29, 0.717) is 5.69 Å². The molecular formula is C18H15ClN2O5S. The van der Waals surface area contributed by atoms with Gasteiger partial charge in [0.15, 0.2) is 0 Å². The number of rotatable bonds is 4. The van der Waals surface area contributed by atoms with E-state index in [2.05, 4.69) is 4.72 Å². The van der Waals surface area contributed by atoms with Crippen LogP contribution in [0.2, 0.25) is 5.02 Å². The number of nitrogens with one attached hydrogen (secondary N) is 1. The Bertz CT molecular complexity index is 1170. The van der Waals surface area contributed by atoms with E-state index in [9.17, 15) is 18.5 Å². The lowest BCUT2D eigenvalue weighted by atomic mass is 9.96. The zero-order valence-corrected chi connectivity index (χ0v) is 15.6. The third-order valence-electron chi connectivity index (χ3n) is 4.62. The molecule has 0 fully saturated rings. The van der Waals surface area contributed by atoms with Crippen molar-refractivity contribution in [2.24, 2.45) is 0 Å². The van der Waals surface area contributed by atoms with Crippen LogP contribution in [-0.4, -0.2) is 13.3 Å². The third-order valence-corrected chi connectivity index (χ3v) is 6.49. The fourth-order valence-corrected chi connectivity index (χ4v) is 4.92. The molecule has 1 aromatic heterocycles. The zero-order valence-electron chi connectivity index (χ0n) is 14.1. The molecule has 1 aliphatic carbocycles. The second-order valence-electron chi connectivity index (χ2n) is 6.40. The molecular weight excluding hydrogens is 392 g/mol. The molecule has 0 spiro atoms. The Balaban J connectivity index is 1.73. The summed E-state index contributed by atoms with van der Waals surface area (Å²) in [4.78, 5) is 9.93. The molecule has 0 saturated carbocycles. The molecule has 2 aromatic carbocycles. The predicted molar refractivity (Wildman–Crippen MR) is 102 cm³/mol. The van der Waals surface area contributed by atoms with Crippen LogP contribution in [0.15, 0.2) is 45.7 Å². The largest absolute Gasteiger partial charge is 0.461 e. The lowest BCUT2D eigenvalue weighted by Gasteiger charge is -2.10. The molecule has 1 N–H and O–H groups in total. The average Bonchev–Trinajstić information content (AvgIpc) is 2.99. The number of nitro groups is 1. The second kappa shape index (κ2) is 6.54. The minimum Gasteiger partial charge on any atom is -0.461 e. The highest BCUT2D eigenvalue weighted by Crippen LogP contribution is 2.34. The average molecular weight is 407 g/mol. The minimum atomic E-state index is -4.09. The van der Waals surface area contributed by atoms with Gasteiger partial charge in [0.2, 0.25) is 0 Å². The van der Waals surface area contributed by atoms with Crippen LogP contribution in [0.3, 0.4) is 0 Å². The van der Waals surface area contributed by atoms with Crippen LogP contribution in [-0.2, 0) is 22.9 Å². The van der Waals surface area contributed by atoms with Gasteiger partial charge in [-0.15, -0.1) is 0 Å². The fourth-order valence-electron chi connectivity index (χ4n) is 3.35. The quantitative estimate of drug-likeness (QED) is 0.500. The van der Waals surface area contributed by atoms with Crippen LogP contribution in [0.5, 0.6) is 0 Å². The fraction of sp³-hybridized carbons (Fsp3) is 0.222. The Kier molecular flexibility index (Phi) is 4.32. The summed E-state index contributed by atoms with van der Waals surface area (Å²) in [5.41, 5.74) is 1.84. The van der Waals surface area contributed by atoms with Crippen molar-refractivity contribution in [1.29, 1.82) is 0 Å². The number of hydrogen-bond acceptors (Lipinski definition) is 5. The van der Waals surface area contributed by atoms with Gasteiger partial charge in [-0.1, -0.05) is 11.6 Å². The van der Waals surface area contributed by atoms with E-state index in [0.717, 1.165) is 60.1 Å². The first-order valence-corrected chi connectivity index (χ1v) is 10.2. The first-order valence-electron chi connectivity index (χ1n) is 8.36. The second-order valence-corrected chi connectivity index (χ2v) is 8.46. The normalized spacial score (nSPS) is 14.1. The molecule has 4 rings (SSSR count). The van der Waals surface area contributed by atoms with Crippen molar-refractivity contribution in [3.05, 3.63) is 62.9 Å². The van der Waals surface area contributed by atoms with E-state index in [1.807, 2.05) is 0 Å². The van der Waals surface area contributed by atoms with Crippen molar-refractivity contribution in [2.75, 3.05) is 4.72 Å². The van der Waals surface area contributed by atoms with Gasteiger partial charge in [-0.25, -0.2) is 8.42 Å². The maximum absolute atomic E-state index is 12.7. The van der Waals surface area contributed by atoms with Gasteiger partial charge in [0.1, 0.15) is 16.2 Å². The molecule has 0 radical (unpaired) electrons. The number of nitrogens with zero attached hydrogens (tertiary/aromatic N) is 1. The molecule has 0 amide bonds. The van der Waals surface area contributed by atoms with E-state index >= 15 is 0 Å². The Hall–Kier alpha value is -2.58. The molecule has 140 valence electrons. The predicted octanol–water partition coefficient (Wildman–Crippen LogP) is 4.67. The summed E-state index contributed by atoms with van der Waals surface area (Å²) in [6.07, 6.45) is 3.93. The van der Waals surface area contributed by atoms with Crippen molar-refractivity contribution in [3.8, 4) is 0 Å². The van der Waals surface area contributed by atoms with Crippen molar-refractivity contribution in [2.45, 2.75) is 30.6 Å². The van der Waals surface area contributed by atoms with Gasteiger partial charge >= 0.3 is 0 Å². The lowest BCUT2D eigenvalue weighted by Crippen LogP contribution is -2.13. The van der Waals surface area contributed by atoms with Gasteiger partial charge in [-0.3, -0.25) is 14.8 Å². The SMILES string of the molecule is O=[N+]([O-])c1ccc(Cl)c(S(=O)(=O)Nc2ccc3oc4c(c3c2)CCCC4)c1. The highest BCUT2D eigenvalue weighted by Gasteiger charge is 2.23. The maximum atomic E-state index is 12.7. The highest BCUT2D eigenvalue weighted by atomic mass is 35.5. The third kappa shape index (κ3) is 3.26. The van der Waals surface area contributed by atoms with Gasteiger partial charge in [0.25, 0.3) is 15.7 Å². The van der Waals surface area contributed by atoms with Crippen LogP contribution in [0, 0.1) is 10.1 Å². The number of nitro benzene ring substituents is 1. The number of halogens is 1. The van der Waals surface area contributed by atoms with E-state index < -0.39 is 14.9 Å². The Morgan fingerprint density at radius 3 is 2.67 bits per heavy atom. The summed E-state index contributed by atoms with van der Waals surface area (Å²) in [6.45, 7) is 0. The van der Waals surface area contributed by atoms with Crippen LogP contribution >= 0.6 is 11.6 Å². The van der Waals surface area contributed by atoms with Gasteiger partial charge < -0.3 is 4.42 Å². The molecule has 0 unspecified atom stereocenters. The van der Waals surface area contributed by atoms with E-state index in [-0.39, 0.29) is 15.6 Å². The van der Waals surface area contributed by atoms with Crippen molar-refractivity contribution in [1.82, 2.24) is 0 Å². The number of benzene rings is 2. The first-order chi connectivity index (χ1) is 12.8. The van der Waals surface area contributed by atoms with Crippen molar-refractivity contribution >= 4 is 44.0 Å². The smallest absolute Gasteiger partial charge is 0.270 e. The van der Waals surface area contributed by atoms with Crippen LogP contribution in [0.4, 0.5) is 11.4 Å². The monoisotopic (exact) mass is 406 g/mol. The van der Waals surface area contributed by atoms with Gasteiger partial charge in [-0.05, 0) is 43.5 Å². The van der Waals surface area contributed by atoms with Gasteiger partial charge in [0.05, 0.1) is 9.95 Å². The summed E-state index contributed by atoms with van der Waals surface area (Å²) in [5, 5.41) is 11.7. The van der Waals surface area contributed by atoms with E-state index in [1.54, 1.807) is 18.2 Å². The van der Waals surface area contributed by atoms with Crippen LogP contribution in [0.25, 0.3) is 11.0 Å². The molecule has 0 saturated heterocycles. The number of fused-ring (bicyclic) bond motifs is 3. The summed E-state index contributed by atoms with van der Waals surface area (Å²) in [7, 11) is -4.09. The van der Waals surface area contributed by atoms with Gasteiger partial charge in [0, 0.05) is 35.2 Å². The Morgan fingerprint density at radius 1 is 1.11 bits per heavy atom. The number of non-ortho nitro benzene ring substituents is 1. The molecule has 0 atom stereocenters. The van der Waals surface area contributed by atoms with Crippen molar-refractivity contribution in [3.63, 3.8) is 0 Å². The van der Waals surface area contributed by atoms with Crippen molar-refractivity contribution < 1.29 is 17.8 Å². The molecule has 0 aliphatic heterocycles. The standard InChI is InChI=1S/C18H15ClN2O5S/c19-15-7-6-12(21(22)23)10-18(15)27(24,25)20-11-5-8-17-14(9-11)13-3-1-2-4-16(13)26-17/h5-10,20H,1-4H2. The highest BCUT2D eigenvalue weighted by molar-refractivity contribution is 7.92. The lowest BCUT2D eigenvalue weighted by molar-refractivity contribution is -0.385. The summed E-state index contributed by atoms with van der Waals surface area (Å²) >= 11 is 5.97. The number of hydrogen-bond donors (Lipinski definition) is 1. The molecule has 1 heterocycles. The molecule has 9 heteroatoms. The molecule has 0 bridgehead atoms. The summed E-state index contributed by atoms with van der Waals surface area (Å²) in [5.74, 6) is 0.956. The number of anilines is 1. The summed E-state index contributed by atoms with van der Waals surface area (Å²) in [6, 6.07) is 8.35. The minimum absolute atomic E-state index is 0.0881. The zero-order chi connectivity index (χ0) is 19.2. The maximum Gasteiger partial charge on any atom is 0.270 e. The first kappa shape index (κ1) is 17.8. The van der Waals surface area contributed by atoms with Gasteiger partial charge in [-0.2, -0.15) is 0 Å². The van der Waals surface area contributed by atoms with E-state index in [4.69, 9.17) is 16.0 Å². The molecule has 7 nitrogen and oxygen atoms in total. The Labute approximate surface area is 160 Å². The van der Waals surface area contributed by atoms with E-state index in [1.165, 1.54) is 6.07 Å². The van der Waals surface area contributed by atoms with Crippen LogP contribution < -0.4 is 4.72 Å². The molecule has 27 heavy (non-hydrogen) atoms. The number of furan rings is 1.